The van der Waals surface area contributed by atoms with Gasteiger partial charge in [0.2, 0.25) is 0 Å². The number of rotatable bonds is 1. The van der Waals surface area contributed by atoms with Crippen LogP contribution in [0.1, 0.15) is 0 Å². The van der Waals surface area contributed by atoms with Crippen LogP contribution in [0.4, 0.5) is 0 Å². The highest BCUT2D eigenvalue weighted by Gasteiger charge is 2.21. The topological polar surface area (TPSA) is 13.1 Å². The Labute approximate surface area is 178 Å². The van der Waals surface area contributed by atoms with Crippen molar-refractivity contribution in [2.45, 2.75) is 9.79 Å². The van der Waals surface area contributed by atoms with E-state index in [0.717, 1.165) is 11.2 Å². The number of furan rings is 1. The molecule has 0 amide bonds. The van der Waals surface area contributed by atoms with E-state index < -0.39 is 0 Å². The monoisotopic (exact) mass is 400 g/mol. The van der Waals surface area contributed by atoms with Crippen molar-refractivity contribution in [2.75, 3.05) is 0 Å². The lowest BCUT2D eigenvalue weighted by atomic mass is 9.91. The van der Waals surface area contributed by atoms with Crippen LogP contribution in [0.2, 0.25) is 0 Å². The zero-order valence-corrected chi connectivity index (χ0v) is 16.9. The molecule has 2 heterocycles. The number of hydrogen-bond donors (Lipinski definition) is 0. The second-order valence-corrected chi connectivity index (χ2v) is 8.80. The predicted octanol–water partition coefficient (Wildman–Crippen LogP) is 8.54. The smallest absolute Gasteiger partial charge is 0.136 e. The van der Waals surface area contributed by atoms with E-state index in [2.05, 4.69) is 84.9 Å². The Morgan fingerprint density at radius 3 is 2.10 bits per heavy atom. The van der Waals surface area contributed by atoms with Crippen LogP contribution in [0.5, 0.6) is 0 Å². The van der Waals surface area contributed by atoms with Gasteiger partial charge in [-0.05, 0) is 51.9 Å². The lowest BCUT2D eigenvalue weighted by Gasteiger charge is -2.21. The minimum absolute atomic E-state index is 0.937. The van der Waals surface area contributed by atoms with Gasteiger partial charge < -0.3 is 4.42 Å². The van der Waals surface area contributed by atoms with Crippen LogP contribution in [0.25, 0.3) is 55.0 Å². The Bertz CT molecular complexity index is 1620. The van der Waals surface area contributed by atoms with E-state index in [1.165, 1.54) is 53.6 Å². The highest BCUT2D eigenvalue weighted by Crippen LogP contribution is 2.50. The Kier molecular flexibility index (Phi) is 3.27. The van der Waals surface area contributed by atoms with Crippen molar-refractivity contribution in [3.05, 3.63) is 97.1 Å². The molecule has 0 atom stereocenters. The van der Waals surface area contributed by atoms with Crippen molar-refractivity contribution in [3.8, 4) is 22.3 Å². The molecule has 0 spiro atoms. The second kappa shape index (κ2) is 6.01. The fourth-order valence-corrected chi connectivity index (χ4v) is 5.94. The molecule has 0 aliphatic carbocycles. The molecule has 0 N–H and O–H groups in total. The van der Waals surface area contributed by atoms with Gasteiger partial charge in [-0.25, -0.2) is 0 Å². The van der Waals surface area contributed by atoms with Gasteiger partial charge in [-0.1, -0.05) is 84.6 Å². The largest absolute Gasteiger partial charge is 0.456 e. The molecule has 1 aromatic heterocycles. The first kappa shape index (κ1) is 16.3. The number of benzene rings is 5. The fourth-order valence-electron chi connectivity index (χ4n) is 4.81. The molecular formula is C28H16OS. The Hall–Kier alpha value is -3.49. The third-order valence-corrected chi connectivity index (χ3v) is 7.23. The van der Waals surface area contributed by atoms with Crippen LogP contribution in [0, 0.1) is 0 Å². The van der Waals surface area contributed by atoms with Gasteiger partial charge in [0.15, 0.2) is 0 Å². The highest BCUT2D eigenvalue weighted by molar-refractivity contribution is 7.99. The first-order valence-electron chi connectivity index (χ1n) is 10.1. The molecular weight excluding hydrogens is 384 g/mol. The Morgan fingerprint density at radius 1 is 0.433 bits per heavy atom. The summed E-state index contributed by atoms with van der Waals surface area (Å²) in [5.41, 5.74) is 7.01. The van der Waals surface area contributed by atoms with Gasteiger partial charge in [-0.15, -0.1) is 0 Å². The minimum atomic E-state index is 0.937. The van der Waals surface area contributed by atoms with Crippen LogP contribution in [0.3, 0.4) is 0 Å². The summed E-state index contributed by atoms with van der Waals surface area (Å²) in [4.78, 5) is 2.65. The average Bonchev–Trinajstić information content (AvgIpc) is 3.18. The molecule has 2 heteroatoms. The van der Waals surface area contributed by atoms with Crippen LogP contribution < -0.4 is 0 Å². The zero-order valence-electron chi connectivity index (χ0n) is 16.1. The fraction of sp³-hybridized carbons (Fsp3) is 0. The van der Waals surface area contributed by atoms with E-state index in [0.29, 0.717) is 0 Å². The zero-order chi connectivity index (χ0) is 19.7. The van der Waals surface area contributed by atoms with Crippen molar-refractivity contribution < 1.29 is 4.42 Å². The summed E-state index contributed by atoms with van der Waals surface area (Å²) in [5, 5.41) is 5.01. The van der Waals surface area contributed by atoms with Crippen LogP contribution in [-0.2, 0) is 0 Å². The van der Waals surface area contributed by atoms with Gasteiger partial charge in [0.25, 0.3) is 0 Å². The van der Waals surface area contributed by atoms with E-state index in [4.69, 9.17) is 4.42 Å². The van der Waals surface area contributed by atoms with Gasteiger partial charge in [-0.3, -0.25) is 0 Å². The summed E-state index contributed by atoms with van der Waals surface area (Å²) in [6.07, 6.45) is 0. The van der Waals surface area contributed by atoms with Crippen molar-refractivity contribution in [1.29, 1.82) is 0 Å². The standard InChI is InChI=1S/C28H16OS/c1-3-12-23-22(8-1)27-19(11-6-13-24(27)29-23)17-15-16-26-28-20(17)9-5-10-21(28)18-7-2-4-14-25(18)30-26/h1-16H. The first-order valence-corrected chi connectivity index (χ1v) is 10.9. The normalized spacial score (nSPS) is 12.5. The molecule has 140 valence electrons. The molecule has 0 bridgehead atoms. The predicted molar refractivity (Wildman–Crippen MR) is 126 cm³/mol. The summed E-state index contributed by atoms with van der Waals surface area (Å²) in [7, 11) is 0. The summed E-state index contributed by atoms with van der Waals surface area (Å²) in [6.45, 7) is 0. The van der Waals surface area contributed by atoms with Gasteiger partial charge in [0, 0.05) is 25.9 Å². The van der Waals surface area contributed by atoms with E-state index >= 15 is 0 Å². The van der Waals surface area contributed by atoms with E-state index in [-0.39, 0.29) is 0 Å². The van der Waals surface area contributed by atoms with Crippen molar-refractivity contribution in [3.63, 3.8) is 0 Å². The van der Waals surface area contributed by atoms with E-state index in [9.17, 15) is 0 Å². The molecule has 0 unspecified atom stereocenters. The summed E-state index contributed by atoms with van der Waals surface area (Å²) in [6, 6.07) is 34.6. The summed E-state index contributed by atoms with van der Waals surface area (Å²) in [5.74, 6) is 0. The second-order valence-electron chi connectivity index (χ2n) is 7.71. The number of fused-ring (bicyclic) bond motifs is 5. The maximum absolute atomic E-state index is 6.15. The molecule has 1 aliphatic heterocycles. The molecule has 1 nitrogen and oxygen atoms in total. The highest BCUT2D eigenvalue weighted by atomic mass is 32.2. The summed E-state index contributed by atoms with van der Waals surface area (Å²) < 4.78 is 6.15. The molecule has 7 rings (SSSR count). The average molecular weight is 401 g/mol. The minimum Gasteiger partial charge on any atom is -0.456 e. The Balaban J connectivity index is 1.60. The lowest BCUT2D eigenvalue weighted by molar-refractivity contribution is 0.669. The molecule has 5 aromatic carbocycles. The molecule has 0 radical (unpaired) electrons. The molecule has 0 saturated heterocycles. The van der Waals surface area contributed by atoms with Crippen LogP contribution in [-0.4, -0.2) is 0 Å². The molecule has 1 aliphatic rings. The van der Waals surface area contributed by atoms with Gasteiger partial charge in [0.1, 0.15) is 11.2 Å². The molecule has 0 saturated carbocycles. The first-order chi connectivity index (χ1) is 14.9. The van der Waals surface area contributed by atoms with Gasteiger partial charge in [0.05, 0.1) is 0 Å². The lowest BCUT2D eigenvalue weighted by Crippen LogP contribution is -1.94. The quantitative estimate of drug-likeness (QED) is 0.274. The maximum Gasteiger partial charge on any atom is 0.136 e. The van der Waals surface area contributed by atoms with Crippen molar-refractivity contribution in [2.24, 2.45) is 0 Å². The van der Waals surface area contributed by atoms with Gasteiger partial charge >= 0.3 is 0 Å². The van der Waals surface area contributed by atoms with E-state index in [1.807, 2.05) is 23.9 Å². The third-order valence-electron chi connectivity index (χ3n) is 6.09. The molecule has 30 heavy (non-hydrogen) atoms. The van der Waals surface area contributed by atoms with Crippen molar-refractivity contribution >= 4 is 44.5 Å². The SMILES string of the molecule is c1ccc2c(c1)Sc1ccc(-c3cccc4oc5ccccc5c34)c3cccc-2c13. The molecule has 6 aromatic rings. The molecule has 0 fully saturated rings. The maximum atomic E-state index is 6.15. The van der Waals surface area contributed by atoms with Crippen molar-refractivity contribution in [1.82, 2.24) is 0 Å². The Morgan fingerprint density at radius 2 is 1.13 bits per heavy atom. The summed E-state index contributed by atoms with van der Waals surface area (Å²) >= 11 is 1.87. The third kappa shape index (κ3) is 2.14. The van der Waals surface area contributed by atoms with Gasteiger partial charge in [-0.2, -0.15) is 0 Å². The number of hydrogen-bond acceptors (Lipinski definition) is 2. The van der Waals surface area contributed by atoms with Crippen LogP contribution >= 0.6 is 11.8 Å². The number of para-hydroxylation sites is 1. The van der Waals surface area contributed by atoms with Crippen LogP contribution in [0.15, 0.2) is 111 Å². The van der Waals surface area contributed by atoms with E-state index in [1.54, 1.807) is 0 Å².